The second kappa shape index (κ2) is 17.7. The summed E-state index contributed by atoms with van der Waals surface area (Å²) in [6.07, 6.45) is 8.08. The van der Waals surface area contributed by atoms with Gasteiger partial charge in [0.2, 0.25) is 15.9 Å². The molecule has 0 N–H and O–H groups in total. The Labute approximate surface area is 346 Å². The highest BCUT2D eigenvalue weighted by Crippen LogP contribution is 2.38. The van der Waals surface area contributed by atoms with Gasteiger partial charge in [-0.05, 0) is 131 Å². The third kappa shape index (κ3) is 9.27. The van der Waals surface area contributed by atoms with Crippen molar-refractivity contribution in [2.24, 2.45) is 4.99 Å². The molecule has 9 heteroatoms. The Morgan fingerprint density at radius 1 is 0.593 bits per heavy atom. The first-order valence-corrected chi connectivity index (χ1v) is 20.4. The molecule has 296 valence electrons. The van der Waals surface area contributed by atoms with Crippen LogP contribution < -0.4 is 14.2 Å². The molecule has 0 aromatic heterocycles. The standard InChI is InChI=1S/C50H44N2O6S/c1-7-9-35-31-39(15-29-47(35)52-34-53)49(3,4)37-11-17-41(18-12-37)57-43-21-25-45(26-22-43)59(54,55)46-27-23-44(24-28-46)58-42-19-13-38(14-20-42)50(5,6)40-16-30-48(56-33-51)36(32-40)10-8-2/h7-8,11-32H,1-2,9-10H2,3-6H3. The highest BCUT2D eigenvalue weighted by Gasteiger charge is 2.26. The van der Waals surface area contributed by atoms with Gasteiger partial charge >= 0.3 is 0 Å². The van der Waals surface area contributed by atoms with Gasteiger partial charge in [-0.2, -0.15) is 4.99 Å². The lowest BCUT2D eigenvalue weighted by Crippen LogP contribution is -2.19. The molecule has 0 aliphatic carbocycles. The average molecular weight is 801 g/mol. The Bertz CT molecular complexity index is 2670. The molecule has 0 saturated carbocycles. The van der Waals surface area contributed by atoms with E-state index in [2.05, 4.69) is 45.8 Å². The fourth-order valence-electron chi connectivity index (χ4n) is 6.88. The lowest BCUT2D eigenvalue weighted by atomic mass is 9.77. The van der Waals surface area contributed by atoms with Crippen molar-refractivity contribution in [3.8, 4) is 35.0 Å². The molecule has 6 aromatic rings. The van der Waals surface area contributed by atoms with E-state index in [1.54, 1.807) is 48.8 Å². The molecule has 0 amide bonds. The molecule has 0 fully saturated rings. The predicted octanol–water partition coefficient (Wildman–Crippen LogP) is 12.0. The maximum absolute atomic E-state index is 13.6. The molecular formula is C50H44N2O6S. The molecule has 8 nitrogen and oxygen atoms in total. The van der Waals surface area contributed by atoms with Crippen LogP contribution in [0.4, 0.5) is 5.69 Å². The van der Waals surface area contributed by atoms with E-state index in [4.69, 9.17) is 19.5 Å². The monoisotopic (exact) mass is 800 g/mol. The topological polar surface area (TPSA) is 115 Å². The van der Waals surface area contributed by atoms with E-state index < -0.39 is 9.84 Å². The molecule has 6 rings (SSSR count). The van der Waals surface area contributed by atoms with E-state index in [-0.39, 0.29) is 20.6 Å². The second-order valence-electron chi connectivity index (χ2n) is 15.0. The molecule has 0 saturated heterocycles. The molecule has 0 aliphatic heterocycles. The van der Waals surface area contributed by atoms with Crippen molar-refractivity contribution in [2.45, 2.75) is 61.2 Å². The summed E-state index contributed by atoms with van der Waals surface area (Å²) in [6.45, 7) is 16.1. The van der Waals surface area contributed by atoms with Crippen molar-refractivity contribution in [3.05, 3.63) is 192 Å². The summed E-state index contributed by atoms with van der Waals surface area (Å²) in [5.74, 6) is 2.72. The van der Waals surface area contributed by atoms with Crippen LogP contribution in [0.3, 0.4) is 0 Å². The number of nitrogens with zero attached hydrogens (tertiary/aromatic N) is 2. The van der Waals surface area contributed by atoms with E-state index in [0.717, 1.165) is 33.4 Å². The minimum atomic E-state index is -3.81. The minimum Gasteiger partial charge on any atom is -0.457 e. The smallest absolute Gasteiger partial charge is 0.292 e. The van der Waals surface area contributed by atoms with Gasteiger partial charge in [0, 0.05) is 10.8 Å². The normalized spacial score (nSPS) is 11.4. The van der Waals surface area contributed by atoms with Crippen LogP contribution in [0.25, 0.3) is 0 Å². The lowest BCUT2D eigenvalue weighted by molar-refractivity contribution is 0.481. The van der Waals surface area contributed by atoms with Gasteiger partial charge in [0.05, 0.1) is 15.5 Å². The zero-order valence-electron chi connectivity index (χ0n) is 33.4. The molecule has 0 spiro atoms. The number of ether oxygens (including phenoxy) is 3. The number of sulfone groups is 1. The summed E-state index contributed by atoms with van der Waals surface area (Å²) in [6, 6.07) is 39.8. The van der Waals surface area contributed by atoms with Crippen LogP contribution in [0.2, 0.25) is 0 Å². The summed E-state index contributed by atoms with van der Waals surface area (Å²) < 4.78 is 44.4. The van der Waals surface area contributed by atoms with E-state index in [0.29, 0.717) is 47.3 Å². The van der Waals surface area contributed by atoms with Crippen LogP contribution in [-0.4, -0.2) is 14.5 Å². The van der Waals surface area contributed by atoms with Crippen LogP contribution in [0.1, 0.15) is 61.1 Å². The van der Waals surface area contributed by atoms with Gasteiger partial charge in [-0.25, -0.2) is 13.2 Å². The number of benzene rings is 6. The minimum absolute atomic E-state index is 0.137. The molecule has 0 bridgehead atoms. The second-order valence-corrected chi connectivity index (χ2v) is 16.9. The van der Waals surface area contributed by atoms with Crippen LogP contribution >= 0.6 is 0 Å². The first kappa shape index (κ1) is 41.6. The van der Waals surface area contributed by atoms with Gasteiger partial charge < -0.3 is 14.2 Å². The van der Waals surface area contributed by atoms with Gasteiger partial charge in [-0.1, -0.05) is 88.4 Å². The molecule has 0 aliphatic rings. The number of hydrogen-bond acceptors (Lipinski definition) is 8. The van der Waals surface area contributed by atoms with Crippen LogP contribution in [0, 0.1) is 11.5 Å². The summed E-state index contributed by atoms with van der Waals surface area (Å²) in [4.78, 5) is 15.0. The highest BCUT2D eigenvalue weighted by atomic mass is 32.2. The van der Waals surface area contributed by atoms with Gasteiger partial charge in [-0.3, -0.25) is 0 Å². The van der Waals surface area contributed by atoms with E-state index in [1.807, 2.05) is 84.9 Å². The number of isocyanates is 1. The first-order chi connectivity index (χ1) is 28.3. The van der Waals surface area contributed by atoms with Crippen molar-refractivity contribution in [1.29, 1.82) is 5.26 Å². The maximum atomic E-state index is 13.6. The van der Waals surface area contributed by atoms with Gasteiger partial charge in [0.25, 0.3) is 6.26 Å². The number of aliphatic imine (C=N–C) groups is 1. The van der Waals surface area contributed by atoms with Crippen LogP contribution in [0.15, 0.2) is 174 Å². The quantitative estimate of drug-likeness (QED) is 0.0414. The zero-order valence-corrected chi connectivity index (χ0v) is 34.3. The third-order valence-electron chi connectivity index (χ3n) is 10.5. The van der Waals surface area contributed by atoms with Gasteiger partial charge in [0.1, 0.15) is 28.7 Å². The number of nitriles is 1. The Morgan fingerprint density at radius 2 is 0.983 bits per heavy atom. The Kier molecular flexibility index (Phi) is 12.5. The SMILES string of the molecule is C=CCc1cc(C(C)(C)c2ccc(Oc3ccc(S(=O)(=O)c4ccc(Oc5ccc(C(C)(C)c6ccc(OC#N)c(CC=C)c6)cc5)cc4)cc3)cc2)ccc1N=C=O. The molecule has 6 aromatic carbocycles. The molecule has 0 heterocycles. The Hall–Kier alpha value is -6.98. The van der Waals surface area contributed by atoms with Crippen LogP contribution in [-0.2, 0) is 38.3 Å². The number of allylic oxidation sites excluding steroid dienone is 2. The highest BCUT2D eigenvalue weighted by molar-refractivity contribution is 7.91. The number of rotatable bonds is 16. The Morgan fingerprint density at radius 3 is 1.41 bits per heavy atom. The summed E-state index contributed by atoms with van der Waals surface area (Å²) >= 11 is 0. The van der Waals surface area contributed by atoms with E-state index >= 15 is 0 Å². The van der Waals surface area contributed by atoms with Crippen molar-refractivity contribution < 1.29 is 27.4 Å². The fraction of sp³-hybridized carbons (Fsp3) is 0.160. The van der Waals surface area contributed by atoms with E-state index in [9.17, 15) is 13.2 Å². The summed E-state index contributed by atoms with van der Waals surface area (Å²) in [5.41, 5.74) is 5.89. The lowest BCUT2D eigenvalue weighted by Gasteiger charge is -2.27. The largest absolute Gasteiger partial charge is 0.457 e. The van der Waals surface area contributed by atoms with Crippen molar-refractivity contribution >= 4 is 21.6 Å². The maximum Gasteiger partial charge on any atom is 0.292 e. The third-order valence-corrected chi connectivity index (χ3v) is 12.3. The van der Waals surface area contributed by atoms with Crippen molar-refractivity contribution in [2.75, 3.05) is 0 Å². The number of hydrogen-bond donors (Lipinski definition) is 0. The average Bonchev–Trinajstić information content (AvgIpc) is 3.23. The van der Waals surface area contributed by atoms with Gasteiger partial charge in [-0.15, -0.1) is 18.4 Å². The Balaban J connectivity index is 1.09. The molecule has 59 heavy (non-hydrogen) atoms. The zero-order chi connectivity index (χ0) is 42.2. The van der Waals surface area contributed by atoms with E-state index in [1.165, 1.54) is 24.3 Å². The molecule has 0 atom stereocenters. The molecule has 0 unspecified atom stereocenters. The predicted molar refractivity (Wildman–Crippen MR) is 230 cm³/mol. The summed E-state index contributed by atoms with van der Waals surface area (Å²) in [5, 5.41) is 9.01. The molecular weight excluding hydrogens is 757 g/mol. The molecule has 0 radical (unpaired) electrons. The summed E-state index contributed by atoms with van der Waals surface area (Å²) in [7, 11) is -3.81. The van der Waals surface area contributed by atoms with Crippen molar-refractivity contribution in [1.82, 2.24) is 0 Å². The van der Waals surface area contributed by atoms with Crippen molar-refractivity contribution in [3.63, 3.8) is 0 Å². The fourth-order valence-corrected chi connectivity index (χ4v) is 8.14. The number of carbonyl (C=O) groups excluding carboxylic acids is 1. The van der Waals surface area contributed by atoms with Gasteiger partial charge in [0.15, 0.2) is 0 Å². The first-order valence-electron chi connectivity index (χ1n) is 18.9. The van der Waals surface area contributed by atoms with Crippen LogP contribution in [0.5, 0.6) is 28.7 Å².